The molecule has 160 valence electrons. The van der Waals surface area contributed by atoms with Crippen molar-refractivity contribution in [1.29, 1.82) is 5.26 Å². The van der Waals surface area contributed by atoms with Gasteiger partial charge in [-0.05, 0) is 36.4 Å². The van der Waals surface area contributed by atoms with Gasteiger partial charge in [0.05, 0.1) is 23.9 Å². The maximum Gasteiger partial charge on any atom is 0.254 e. The van der Waals surface area contributed by atoms with Crippen LogP contribution in [0.25, 0.3) is 0 Å². The molecule has 0 saturated carbocycles. The number of benzene rings is 2. The summed E-state index contributed by atoms with van der Waals surface area (Å²) in [5.74, 6) is -2.78. The number of aliphatic imine (C=N–C) groups is 1. The maximum absolute atomic E-state index is 14.8. The van der Waals surface area contributed by atoms with E-state index in [1.54, 1.807) is 31.2 Å². The van der Waals surface area contributed by atoms with Gasteiger partial charge in [-0.15, -0.1) is 11.8 Å². The molecule has 2 aromatic carbocycles. The van der Waals surface area contributed by atoms with Gasteiger partial charge in [0.15, 0.2) is 0 Å². The van der Waals surface area contributed by atoms with Crippen molar-refractivity contribution >= 4 is 28.4 Å². The minimum absolute atomic E-state index is 0.0709. The van der Waals surface area contributed by atoms with Crippen LogP contribution in [0.2, 0.25) is 0 Å². The van der Waals surface area contributed by atoms with Gasteiger partial charge in [-0.25, -0.2) is 13.8 Å². The first-order chi connectivity index (χ1) is 14.9. The number of thioether (sulfide) groups is 1. The molecule has 1 aliphatic heterocycles. The molecule has 1 heterocycles. The summed E-state index contributed by atoms with van der Waals surface area (Å²) in [5.41, 5.74) is 1.04. The highest BCUT2D eigenvalue weighted by Crippen LogP contribution is 2.42. The van der Waals surface area contributed by atoms with Crippen LogP contribution in [0.3, 0.4) is 0 Å². The van der Waals surface area contributed by atoms with Crippen LogP contribution >= 0.6 is 11.8 Å². The Balaban J connectivity index is 2.13. The van der Waals surface area contributed by atoms with Crippen molar-refractivity contribution in [2.75, 3.05) is 18.2 Å². The number of nitrogens with one attached hydrogen (secondary N) is 1. The van der Waals surface area contributed by atoms with E-state index in [0.717, 1.165) is 12.1 Å². The Morgan fingerprint density at radius 3 is 2.68 bits per heavy atom. The SMILES string of the molecule is CCSC1=NC(C)=C(C(=O)Nc2ccccc2OC)C(c2ccc(F)cc2F)C1C#N. The number of carbonyl (C=O) groups is 1. The second-order valence-corrected chi connectivity index (χ2v) is 8.07. The van der Waals surface area contributed by atoms with Crippen LogP contribution in [0.5, 0.6) is 5.75 Å². The van der Waals surface area contributed by atoms with E-state index in [1.165, 1.54) is 24.9 Å². The molecule has 1 N–H and O–H groups in total. The fourth-order valence-corrected chi connectivity index (χ4v) is 4.43. The Labute approximate surface area is 183 Å². The van der Waals surface area contributed by atoms with Gasteiger partial charge in [-0.3, -0.25) is 4.79 Å². The van der Waals surface area contributed by atoms with Gasteiger partial charge >= 0.3 is 0 Å². The number of methoxy groups -OCH3 is 1. The lowest BCUT2D eigenvalue weighted by Gasteiger charge is -2.30. The van der Waals surface area contributed by atoms with Crippen molar-refractivity contribution in [3.8, 4) is 11.8 Å². The third-order valence-electron chi connectivity index (χ3n) is 4.91. The van der Waals surface area contributed by atoms with Gasteiger partial charge in [0.1, 0.15) is 23.3 Å². The van der Waals surface area contributed by atoms with Crippen LogP contribution in [0.4, 0.5) is 14.5 Å². The predicted octanol–water partition coefficient (Wildman–Crippen LogP) is 5.27. The third kappa shape index (κ3) is 4.62. The lowest BCUT2D eigenvalue weighted by molar-refractivity contribution is -0.113. The van der Waals surface area contributed by atoms with Crippen LogP contribution in [0.1, 0.15) is 25.3 Å². The molecule has 0 bridgehead atoms. The second kappa shape index (κ2) is 9.75. The van der Waals surface area contributed by atoms with Crippen molar-refractivity contribution in [3.05, 3.63) is 70.9 Å². The van der Waals surface area contributed by atoms with Crippen molar-refractivity contribution < 1.29 is 18.3 Å². The zero-order chi connectivity index (χ0) is 22.5. The van der Waals surface area contributed by atoms with Crippen molar-refractivity contribution in [3.63, 3.8) is 0 Å². The van der Waals surface area contributed by atoms with Crippen LogP contribution in [-0.2, 0) is 4.79 Å². The van der Waals surface area contributed by atoms with Crippen molar-refractivity contribution in [2.24, 2.45) is 10.9 Å². The zero-order valence-electron chi connectivity index (χ0n) is 17.3. The first-order valence-electron chi connectivity index (χ1n) is 9.62. The summed E-state index contributed by atoms with van der Waals surface area (Å²) in [6, 6.07) is 12.2. The molecular weight excluding hydrogens is 420 g/mol. The summed E-state index contributed by atoms with van der Waals surface area (Å²) in [4.78, 5) is 17.8. The number of rotatable bonds is 5. The standard InChI is InChI=1S/C23H21F2N3O2S/c1-4-31-23-16(12-26)21(15-10-9-14(24)11-17(15)25)20(13(2)27-23)22(29)28-18-7-5-6-8-19(18)30-3/h5-11,16,21H,4H2,1-3H3,(H,28,29). The number of hydrogen-bond acceptors (Lipinski definition) is 5. The normalized spacial score (nSPS) is 18.3. The topological polar surface area (TPSA) is 74.5 Å². The van der Waals surface area contributed by atoms with Crippen LogP contribution in [0, 0.1) is 28.9 Å². The summed E-state index contributed by atoms with van der Waals surface area (Å²) >= 11 is 1.36. The number of hydrogen-bond donors (Lipinski definition) is 1. The summed E-state index contributed by atoms with van der Waals surface area (Å²) < 4.78 is 33.6. The monoisotopic (exact) mass is 441 g/mol. The molecule has 0 saturated heterocycles. The molecule has 3 rings (SSSR count). The molecule has 0 spiro atoms. The van der Waals surface area contributed by atoms with Gasteiger partial charge in [0.25, 0.3) is 5.91 Å². The number of ether oxygens (including phenoxy) is 1. The molecule has 8 heteroatoms. The van der Waals surface area contributed by atoms with Crippen LogP contribution in [-0.4, -0.2) is 23.8 Å². The third-order valence-corrected chi connectivity index (χ3v) is 5.84. The summed E-state index contributed by atoms with van der Waals surface area (Å²) in [7, 11) is 1.48. The van der Waals surface area contributed by atoms with E-state index < -0.39 is 29.4 Å². The average Bonchev–Trinajstić information content (AvgIpc) is 2.74. The van der Waals surface area contributed by atoms with Crippen molar-refractivity contribution in [1.82, 2.24) is 0 Å². The molecular formula is C23H21F2N3O2S. The fourth-order valence-electron chi connectivity index (χ4n) is 3.56. The molecule has 1 aliphatic rings. The Morgan fingerprint density at radius 2 is 2.03 bits per heavy atom. The first-order valence-corrected chi connectivity index (χ1v) is 10.6. The minimum Gasteiger partial charge on any atom is -0.495 e. The molecule has 2 atom stereocenters. The number of carbonyl (C=O) groups excluding carboxylic acids is 1. The second-order valence-electron chi connectivity index (χ2n) is 6.79. The number of para-hydroxylation sites is 2. The number of anilines is 1. The molecule has 1 amide bonds. The summed E-state index contributed by atoms with van der Waals surface area (Å²) in [6.45, 7) is 3.56. The average molecular weight is 442 g/mol. The largest absolute Gasteiger partial charge is 0.495 e. The smallest absolute Gasteiger partial charge is 0.254 e. The van der Waals surface area contributed by atoms with E-state index in [4.69, 9.17) is 4.74 Å². The summed E-state index contributed by atoms with van der Waals surface area (Å²) in [5, 5.41) is 13.2. The lowest BCUT2D eigenvalue weighted by atomic mass is 9.78. The van der Waals surface area contributed by atoms with Crippen LogP contribution < -0.4 is 10.1 Å². The van der Waals surface area contributed by atoms with E-state index in [-0.39, 0.29) is 11.1 Å². The number of nitrogens with zero attached hydrogens (tertiary/aromatic N) is 2. The number of halogens is 2. The van der Waals surface area contributed by atoms with Gasteiger partial charge in [-0.2, -0.15) is 5.26 Å². The van der Waals surface area contributed by atoms with E-state index in [0.29, 0.717) is 27.9 Å². The fraction of sp³-hybridized carbons (Fsp3) is 0.261. The van der Waals surface area contributed by atoms with E-state index in [1.807, 2.05) is 6.92 Å². The molecule has 0 aliphatic carbocycles. The molecule has 2 aromatic rings. The van der Waals surface area contributed by atoms with Crippen molar-refractivity contribution in [2.45, 2.75) is 19.8 Å². The predicted molar refractivity (Wildman–Crippen MR) is 118 cm³/mol. The van der Waals surface area contributed by atoms with E-state index in [2.05, 4.69) is 16.4 Å². The summed E-state index contributed by atoms with van der Waals surface area (Å²) in [6.07, 6.45) is 0. The Morgan fingerprint density at radius 1 is 1.29 bits per heavy atom. The molecule has 0 fully saturated rings. The number of amides is 1. The quantitative estimate of drug-likeness (QED) is 0.686. The molecule has 2 unspecified atom stereocenters. The highest BCUT2D eigenvalue weighted by atomic mass is 32.2. The van der Waals surface area contributed by atoms with Gasteiger partial charge < -0.3 is 10.1 Å². The Bertz CT molecular complexity index is 1110. The maximum atomic E-state index is 14.8. The van der Waals surface area contributed by atoms with E-state index >= 15 is 0 Å². The number of nitriles is 1. The molecule has 0 aromatic heterocycles. The van der Waals surface area contributed by atoms with Gasteiger partial charge in [-0.1, -0.05) is 25.1 Å². The molecule has 31 heavy (non-hydrogen) atoms. The zero-order valence-corrected chi connectivity index (χ0v) is 18.1. The molecule has 5 nitrogen and oxygen atoms in total. The minimum atomic E-state index is -0.938. The number of allylic oxidation sites excluding steroid dienone is 1. The molecule has 0 radical (unpaired) electrons. The highest BCUT2D eigenvalue weighted by Gasteiger charge is 2.40. The Kier molecular flexibility index (Phi) is 7.08. The van der Waals surface area contributed by atoms with Gasteiger partial charge in [0, 0.05) is 23.3 Å². The Hall–Kier alpha value is -3.18. The van der Waals surface area contributed by atoms with Gasteiger partial charge in [0.2, 0.25) is 0 Å². The lowest BCUT2D eigenvalue weighted by Crippen LogP contribution is -2.32. The van der Waals surface area contributed by atoms with E-state index in [9.17, 15) is 18.8 Å². The highest BCUT2D eigenvalue weighted by molar-refractivity contribution is 8.14. The van der Waals surface area contributed by atoms with Crippen LogP contribution in [0.15, 0.2) is 58.7 Å². The first kappa shape index (κ1) is 22.5.